The lowest BCUT2D eigenvalue weighted by Crippen LogP contribution is -2.02. The van der Waals surface area contributed by atoms with E-state index in [1.807, 2.05) is 13.0 Å². The van der Waals surface area contributed by atoms with Gasteiger partial charge in [0, 0.05) is 10.9 Å². The van der Waals surface area contributed by atoms with Crippen molar-refractivity contribution in [3.05, 3.63) is 23.3 Å². The second-order valence-corrected chi connectivity index (χ2v) is 3.24. The van der Waals surface area contributed by atoms with Gasteiger partial charge in [-0.05, 0) is 24.6 Å². The topological polar surface area (TPSA) is 77.8 Å². The van der Waals surface area contributed by atoms with Crippen LogP contribution in [0.2, 0.25) is 0 Å². The van der Waals surface area contributed by atoms with Crippen molar-refractivity contribution < 1.29 is 0 Å². The van der Waals surface area contributed by atoms with E-state index in [1.165, 1.54) is 0 Å². The number of hydrogen-bond donors (Lipinski definition) is 2. The van der Waals surface area contributed by atoms with Gasteiger partial charge in [-0.2, -0.15) is 4.98 Å². The summed E-state index contributed by atoms with van der Waals surface area (Å²) in [6.07, 6.45) is 5.37. The lowest BCUT2D eigenvalue weighted by atomic mass is 10.0. The number of nitrogens with two attached hydrogens (primary N) is 2. The molecule has 4 nitrogen and oxygen atoms in total. The molecule has 74 valence electrons. The molecule has 4 heteroatoms. The molecule has 0 unspecified atom stereocenters. The van der Waals surface area contributed by atoms with Gasteiger partial charge in [-0.3, -0.25) is 0 Å². The summed E-state index contributed by atoms with van der Waals surface area (Å²) in [5, 5.41) is 0.777. The third-order valence-corrected chi connectivity index (χ3v) is 2.32. The first-order valence-corrected chi connectivity index (χ1v) is 4.42. The molecule has 1 aromatic heterocycles. The molecule has 15 heavy (non-hydrogen) atoms. The molecule has 1 heterocycles. The maximum absolute atomic E-state index is 5.78. The van der Waals surface area contributed by atoms with Crippen LogP contribution in [0.5, 0.6) is 0 Å². The van der Waals surface area contributed by atoms with Crippen LogP contribution in [0.3, 0.4) is 0 Å². The minimum absolute atomic E-state index is 0.174. The van der Waals surface area contributed by atoms with E-state index in [9.17, 15) is 0 Å². The van der Waals surface area contributed by atoms with Crippen LogP contribution in [0.1, 0.15) is 11.1 Å². The Morgan fingerprint density at radius 2 is 2.00 bits per heavy atom. The zero-order valence-electron chi connectivity index (χ0n) is 8.28. The Kier molecular flexibility index (Phi) is 1.94. The maximum atomic E-state index is 5.78. The monoisotopic (exact) mass is 198 g/mol. The van der Waals surface area contributed by atoms with E-state index in [-0.39, 0.29) is 5.95 Å². The Morgan fingerprint density at radius 1 is 1.27 bits per heavy atom. The van der Waals surface area contributed by atoms with Crippen LogP contribution < -0.4 is 11.5 Å². The summed E-state index contributed by atoms with van der Waals surface area (Å²) in [4.78, 5) is 8.00. The van der Waals surface area contributed by atoms with Gasteiger partial charge in [-0.25, -0.2) is 4.98 Å². The number of aryl methyl sites for hydroxylation is 1. The van der Waals surface area contributed by atoms with Gasteiger partial charge in [0.1, 0.15) is 5.82 Å². The first-order valence-electron chi connectivity index (χ1n) is 4.42. The van der Waals surface area contributed by atoms with Gasteiger partial charge in [0.15, 0.2) is 0 Å². The highest BCUT2D eigenvalue weighted by molar-refractivity contribution is 5.93. The van der Waals surface area contributed by atoms with E-state index in [2.05, 4.69) is 15.9 Å². The molecule has 0 aliphatic heterocycles. The average Bonchev–Trinajstić information content (AvgIpc) is 2.17. The van der Waals surface area contributed by atoms with E-state index < -0.39 is 0 Å². The Bertz CT molecular complexity index is 581. The van der Waals surface area contributed by atoms with Crippen molar-refractivity contribution in [2.24, 2.45) is 0 Å². The number of aromatic nitrogens is 2. The van der Waals surface area contributed by atoms with Crippen molar-refractivity contribution in [2.75, 3.05) is 11.5 Å². The van der Waals surface area contributed by atoms with Gasteiger partial charge in [0.25, 0.3) is 0 Å². The molecule has 0 saturated carbocycles. The van der Waals surface area contributed by atoms with Crippen LogP contribution in [0.25, 0.3) is 10.9 Å². The summed E-state index contributed by atoms with van der Waals surface area (Å²) in [5.41, 5.74) is 13.7. The number of terminal acetylenes is 1. The second kappa shape index (κ2) is 3.14. The van der Waals surface area contributed by atoms with Crippen LogP contribution in [0.15, 0.2) is 12.1 Å². The highest BCUT2D eigenvalue weighted by Gasteiger charge is 2.08. The van der Waals surface area contributed by atoms with Crippen LogP contribution in [0.4, 0.5) is 11.8 Å². The fourth-order valence-corrected chi connectivity index (χ4v) is 1.60. The summed E-state index contributed by atoms with van der Waals surface area (Å²) in [5.74, 6) is 3.13. The Balaban J connectivity index is 2.94. The van der Waals surface area contributed by atoms with Crippen LogP contribution in [0, 0.1) is 19.3 Å². The quantitative estimate of drug-likeness (QED) is 0.621. The molecule has 0 aliphatic carbocycles. The number of anilines is 2. The molecule has 0 aliphatic rings. The van der Waals surface area contributed by atoms with Crippen molar-refractivity contribution >= 4 is 22.7 Å². The van der Waals surface area contributed by atoms with E-state index >= 15 is 0 Å². The van der Waals surface area contributed by atoms with E-state index in [1.54, 1.807) is 6.07 Å². The smallest absolute Gasteiger partial charge is 0.222 e. The average molecular weight is 198 g/mol. The van der Waals surface area contributed by atoms with Crippen LogP contribution in [-0.4, -0.2) is 9.97 Å². The van der Waals surface area contributed by atoms with Gasteiger partial charge in [-0.15, -0.1) is 6.42 Å². The standard InChI is InChI=1S/C11H10N4/c1-3-7-4-5-8-9(6(7)2)10(12)15-11(13)14-8/h1,4-5H,2H3,(H4,12,13,14,15). The third kappa shape index (κ3) is 1.34. The second-order valence-electron chi connectivity index (χ2n) is 3.24. The zero-order chi connectivity index (χ0) is 11.0. The Labute approximate surface area is 87.3 Å². The number of nitrogens with zero attached hydrogens (tertiary/aromatic N) is 2. The molecular formula is C11H10N4. The molecule has 0 bridgehead atoms. The first kappa shape index (κ1) is 9.28. The molecule has 0 amide bonds. The normalized spacial score (nSPS) is 10.1. The molecule has 2 aromatic rings. The van der Waals surface area contributed by atoms with Crippen molar-refractivity contribution in [1.82, 2.24) is 9.97 Å². The van der Waals surface area contributed by atoms with Gasteiger partial charge in [-0.1, -0.05) is 5.92 Å². The first-order chi connectivity index (χ1) is 7.13. The van der Waals surface area contributed by atoms with Crippen LogP contribution in [-0.2, 0) is 0 Å². The SMILES string of the molecule is C#Cc1ccc2nc(N)nc(N)c2c1C. The van der Waals surface area contributed by atoms with Crippen LogP contribution >= 0.6 is 0 Å². The summed E-state index contributed by atoms with van der Waals surface area (Å²) in [6.45, 7) is 1.90. The van der Waals surface area contributed by atoms with E-state index in [0.717, 1.165) is 22.0 Å². The fraction of sp³-hybridized carbons (Fsp3) is 0.0909. The molecular weight excluding hydrogens is 188 g/mol. The molecule has 0 atom stereocenters. The number of rotatable bonds is 0. The lowest BCUT2D eigenvalue weighted by molar-refractivity contribution is 1.24. The molecule has 1 aromatic carbocycles. The van der Waals surface area contributed by atoms with Gasteiger partial charge in [0.2, 0.25) is 5.95 Å². The molecule has 0 radical (unpaired) electrons. The molecule has 0 spiro atoms. The largest absolute Gasteiger partial charge is 0.383 e. The van der Waals surface area contributed by atoms with Crippen molar-refractivity contribution in [1.29, 1.82) is 0 Å². The number of hydrogen-bond acceptors (Lipinski definition) is 4. The van der Waals surface area contributed by atoms with Crippen molar-refractivity contribution in [3.63, 3.8) is 0 Å². The van der Waals surface area contributed by atoms with Crippen molar-refractivity contribution in [3.8, 4) is 12.3 Å². The summed E-state index contributed by atoms with van der Waals surface area (Å²) < 4.78 is 0. The maximum Gasteiger partial charge on any atom is 0.222 e. The predicted octanol–water partition coefficient (Wildman–Crippen LogP) is 1.08. The van der Waals surface area contributed by atoms with E-state index in [4.69, 9.17) is 17.9 Å². The summed E-state index contributed by atoms with van der Waals surface area (Å²) in [6, 6.07) is 3.62. The number of nitrogen functional groups attached to an aromatic ring is 2. The molecule has 0 saturated heterocycles. The number of fused-ring (bicyclic) bond motifs is 1. The number of benzene rings is 1. The van der Waals surface area contributed by atoms with Gasteiger partial charge < -0.3 is 11.5 Å². The zero-order valence-corrected chi connectivity index (χ0v) is 8.28. The molecule has 2 rings (SSSR count). The van der Waals surface area contributed by atoms with Crippen molar-refractivity contribution in [2.45, 2.75) is 6.92 Å². The van der Waals surface area contributed by atoms with Gasteiger partial charge in [0.05, 0.1) is 5.52 Å². The Morgan fingerprint density at radius 3 is 2.67 bits per heavy atom. The molecule has 4 N–H and O–H groups in total. The van der Waals surface area contributed by atoms with Gasteiger partial charge >= 0.3 is 0 Å². The molecule has 0 fully saturated rings. The lowest BCUT2D eigenvalue weighted by Gasteiger charge is -2.06. The summed E-state index contributed by atoms with van der Waals surface area (Å²) >= 11 is 0. The van der Waals surface area contributed by atoms with E-state index in [0.29, 0.717) is 5.82 Å². The predicted molar refractivity (Wildman–Crippen MR) is 61.0 cm³/mol. The fourth-order valence-electron chi connectivity index (χ4n) is 1.60. The Hall–Kier alpha value is -2.28. The highest BCUT2D eigenvalue weighted by atomic mass is 15.0. The minimum Gasteiger partial charge on any atom is -0.383 e. The minimum atomic E-state index is 0.174. The third-order valence-electron chi connectivity index (χ3n) is 2.32. The summed E-state index contributed by atoms with van der Waals surface area (Å²) in [7, 11) is 0. The highest BCUT2D eigenvalue weighted by Crippen LogP contribution is 2.24.